The Morgan fingerprint density at radius 1 is 1.29 bits per heavy atom. The lowest BCUT2D eigenvalue weighted by molar-refractivity contribution is -0.159. The minimum Gasteiger partial charge on any atom is -0.338 e. The summed E-state index contributed by atoms with van der Waals surface area (Å²) in [7, 11) is 1.58. The highest BCUT2D eigenvalue weighted by Crippen LogP contribution is 2.29. The van der Waals surface area contributed by atoms with Crippen LogP contribution in [0.15, 0.2) is 52.0 Å². The van der Waals surface area contributed by atoms with Gasteiger partial charge in [0.05, 0.1) is 12.2 Å². The summed E-state index contributed by atoms with van der Waals surface area (Å²) in [6, 6.07) is 7.69. The maximum absolute atomic E-state index is 12.5. The van der Waals surface area contributed by atoms with E-state index in [0.29, 0.717) is 5.69 Å². The molecule has 146 valence electrons. The van der Waals surface area contributed by atoms with Crippen molar-refractivity contribution in [3.63, 3.8) is 0 Å². The number of halogens is 3. The molecule has 0 saturated carbocycles. The number of hydrogen-bond donors (Lipinski definition) is 0. The Morgan fingerprint density at radius 3 is 2.68 bits per heavy atom. The first-order valence-corrected chi connectivity index (χ1v) is 7.99. The second-order valence-electron chi connectivity index (χ2n) is 5.87. The summed E-state index contributed by atoms with van der Waals surface area (Å²) < 4.78 is 42.9. The number of likely N-dealkylation sites (N-methyl/N-ethyl adjacent to an activating group) is 1. The lowest BCUT2D eigenvalue weighted by Gasteiger charge is -2.17. The van der Waals surface area contributed by atoms with E-state index in [4.69, 9.17) is 0 Å². The largest absolute Gasteiger partial charge is 0.471 e. The fourth-order valence-corrected chi connectivity index (χ4v) is 2.32. The Balaban J connectivity index is 1.71. The van der Waals surface area contributed by atoms with E-state index in [1.54, 1.807) is 31.4 Å². The summed E-state index contributed by atoms with van der Waals surface area (Å²) in [5.41, 5.74) is 0.156. The molecule has 0 unspecified atom stereocenters. The summed E-state index contributed by atoms with van der Waals surface area (Å²) in [4.78, 5) is 33.3. The molecular formula is C17H14F3N5O3. The van der Waals surface area contributed by atoms with E-state index in [1.807, 2.05) is 0 Å². The quantitative estimate of drug-likeness (QED) is 0.658. The fourth-order valence-electron chi connectivity index (χ4n) is 2.32. The van der Waals surface area contributed by atoms with E-state index in [2.05, 4.69) is 19.6 Å². The molecule has 11 heteroatoms. The van der Waals surface area contributed by atoms with Gasteiger partial charge < -0.3 is 14.0 Å². The first-order chi connectivity index (χ1) is 13.2. The van der Waals surface area contributed by atoms with Gasteiger partial charge in [-0.2, -0.15) is 18.2 Å². The molecule has 0 bridgehead atoms. The fraction of sp³-hybridized carbons (Fsp3) is 0.235. The molecule has 3 aromatic heterocycles. The summed E-state index contributed by atoms with van der Waals surface area (Å²) in [6.45, 7) is 0.0398. The predicted molar refractivity (Wildman–Crippen MR) is 89.7 cm³/mol. The molecule has 0 aliphatic carbocycles. The van der Waals surface area contributed by atoms with Gasteiger partial charge >= 0.3 is 12.1 Å². The number of hydrogen-bond acceptors (Lipinski definition) is 6. The van der Waals surface area contributed by atoms with Gasteiger partial charge in [0.2, 0.25) is 11.7 Å². The molecule has 0 N–H and O–H groups in total. The van der Waals surface area contributed by atoms with Crippen LogP contribution >= 0.6 is 0 Å². The van der Waals surface area contributed by atoms with Crippen LogP contribution in [0.1, 0.15) is 11.6 Å². The Labute approximate surface area is 156 Å². The van der Waals surface area contributed by atoms with Crippen molar-refractivity contribution < 1.29 is 22.5 Å². The average Bonchev–Trinajstić information content (AvgIpc) is 3.14. The normalized spacial score (nSPS) is 11.4. The number of amides is 1. The van der Waals surface area contributed by atoms with Gasteiger partial charge in [-0.1, -0.05) is 11.2 Å². The smallest absolute Gasteiger partial charge is 0.338 e. The Hall–Kier alpha value is -3.50. The first kappa shape index (κ1) is 19.3. The third-order valence-corrected chi connectivity index (χ3v) is 3.78. The van der Waals surface area contributed by atoms with Crippen LogP contribution in [-0.4, -0.2) is 37.5 Å². The zero-order chi connectivity index (χ0) is 20.3. The number of rotatable bonds is 5. The molecular weight excluding hydrogens is 379 g/mol. The van der Waals surface area contributed by atoms with Crippen LogP contribution < -0.4 is 5.56 Å². The summed E-state index contributed by atoms with van der Waals surface area (Å²) >= 11 is 0. The van der Waals surface area contributed by atoms with Crippen molar-refractivity contribution in [1.29, 1.82) is 0 Å². The van der Waals surface area contributed by atoms with E-state index in [1.165, 1.54) is 17.2 Å². The number of pyridine rings is 2. The molecule has 0 atom stereocenters. The van der Waals surface area contributed by atoms with E-state index < -0.39 is 17.6 Å². The number of nitrogens with zero attached hydrogens (tertiary/aromatic N) is 5. The molecule has 1 amide bonds. The minimum atomic E-state index is -4.77. The van der Waals surface area contributed by atoms with Gasteiger partial charge in [0.15, 0.2) is 0 Å². The molecule has 3 heterocycles. The van der Waals surface area contributed by atoms with Crippen LogP contribution in [0.2, 0.25) is 0 Å². The van der Waals surface area contributed by atoms with Crippen LogP contribution in [0.25, 0.3) is 11.4 Å². The zero-order valence-corrected chi connectivity index (χ0v) is 14.6. The summed E-state index contributed by atoms with van der Waals surface area (Å²) in [6.07, 6.45) is -1.88. The van der Waals surface area contributed by atoms with Crippen molar-refractivity contribution >= 4 is 5.91 Å². The molecule has 0 aliphatic rings. The standard InChI is InChI=1S/C17H14F3N5O3/c1-24(9-12-4-2-3-6-21-12)14(27)10-25-7-5-11(8-13(25)26)15-22-16(28-23-15)17(18,19)20/h2-8H,9-10H2,1H3. The number of alkyl halides is 3. The van der Waals surface area contributed by atoms with Crippen LogP contribution in [0.3, 0.4) is 0 Å². The summed E-state index contributed by atoms with van der Waals surface area (Å²) in [5.74, 6) is -2.20. The molecule has 0 spiro atoms. The molecule has 8 nitrogen and oxygen atoms in total. The number of aromatic nitrogens is 4. The van der Waals surface area contributed by atoms with E-state index in [9.17, 15) is 22.8 Å². The molecule has 3 aromatic rings. The lowest BCUT2D eigenvalue weighted by atomic mass is 10.2. The minimum absolute atomic E-state index is 0.0507. The topological polar surface area (TPSA) is 94.1 Å². The third kappa shape index (κ3) is 4.42. The Kier molecular flexibility index (Phi) is 5.25. The monoisotopic (exact) mass is 393 g/mol. The molecule has 0 radical (unpaired) electrons. The highest BCUT2D eigenvalue weighted by molar-refractivity contribution is 5.75. The van der Waals surface area contributed by atoms with Gasteiger partial charge in [-0.3, -0.25) is 14.6 Å². The zero-order valence-electron chi connectivity index (χ0n) is 14.6. The average molecular weight is 393 g/mol. The maximum Gasteiger partial charge on any atom is 0.471 e. The second-order valence-corrected chi connectivity index (χ2v) is 5.87. The van der Waals surface area contributed by atoms with Gasteiger partial charge in [0.25, 0.3) is 5.56 Å². The summed E-state index contributed by atoms with van der Waals surface area (Å²) in [5, 5.41) is 3.22. The van der Waals surface area contributed by atoms with Gasteiger partial charge in [-0.25, -0.2) is 0 Å². The van der Waals surface area contributed by atoms with Gasteiger partial charge in [-0.15, -0.1) is 0 Å². The molecule has 0 fully saturated rings. The van der Waals surface area contributed by atoms with Crippen LogP contribution in [0.5, 0.6) is 0 Å². The van der Waals surface area contributed by atoms with Crippen molar-refractivity contribution in [2.24, 2.45) is 0 Å². The number of carbonyl (C=O) groups is 1. The predicted octanol–water partition coefficient (Wildman–Crippen LogP) is 1.97. The Morgan fingerprint density at radius 2 is 2.07 bits per heavy atom. The van der Waals surface area contributed by atoms with Gasteiger partial charge in [0, 0.05) is 31.1 Å². The molecule has 0 aliphatic heterocycles. The molecule has 3 rings (SSSR count). The van der Waals surface area contributed by atoms with Crippen molar-refractivity contribution in [1.82, 2.24) is 24.6 Å². The molecule has 28 heavy (non-hydrogen) atoms. The third-order valence-electron chi connectivity index (χ3n) is 3.78. The van der Waals surface area contributed by atoms with Gasteiger partial charge in [-0.05, 0) is 18.2 Å². The van der Waals surface area contributed by atoms with Crippen molar-refractivity contribution in [3.8, 4) is 11.4 Å². The lowest BCUT2D eigenvalue weighted by Crippen LogP contribution is -2.33. The van der Waals surface area contributed by atoms with Crippen molar-refractivity contribution in [3.05, 3.63) is 64.7 Å². The highest BCUT2D eigenvalue weighted by Gasteiger charge is 2.38. The van der Waals surface area contributed by atoms with Crippen LogP contribution in [0, 0.1) is 0 Å². The molecule has 0 aromatic carbocycles. The highest BCUT2D eigenvalue weighted by atomic mass is 19.4. The maximum atomic E-state index is 12.5. The van der Waals surface area contributed by atoms with E-state index in [-0.39, 0.29) is 30.4 Å². The van der Waals surface area contributed by atoms with Crippen molar-refractivity contribution in [2.45, 2.75) is 19.3 Å². The van der Waals surface area contributed by atoms with E-state index >= 15 is 0 Å². The Bertz CT molecular complexity index is 1030. The van der Waals surface area contributed by atoms with Crippen LogP contribution in [-0.2, 0) is 24.1 Å². The number of carbonyl (C=O) groups excluding carboxylic acids is 1. The van der Waals surface area contributed by atoms with Gasteiger partial charge in [0.1, 0.15) is 6.54 Å². The first-order valence-electron chi connectivity index (χ1n) is 7.99. The van der Waals surface area contributed by atoms with E-state index in [0.717, 1.165) is 10.6 Å². The SMILES string of the molecule is CN(Cc1ccccn1)C(=O)Cn1ccc(-c2noc(C(F)(F)F)n2)cc1=O. The van der Waals surface area contributed by atoms with Crippen LogP contribution in [0.4, 0.5) is 13.2 Å². The second kappa shape index (κ2) is 7.62. The molecule has 0 saturated heterocycles. The van der Waals surface area contributed by atoms with Crippen molar-refractivity contribution in [2.75, 3.05) is 7.05 Å².